The maximum absolute atomic E-state index is 15.6. The maximum atomic E-state index is 15.6. The van der Waals surface area contributed by atoms with E-state index in [0.29, 0.717) is 13.0 Å². The second-order valence-corrected chi connectivity index (χ2v) is 15.4. The maximum Gasteiger partial charge on any atom is 0.246 e. The first kappa shape index (κ1) is 29.4. The van der Waals surface area contributed by atoms with Crippen molar-refractivity contribution in [3.05, 3.63) is 65.7 Å². The number of hydrogen-bond acceptors (Lipinski definition) is 4. The number of carbonyl (C=O) groups excluding carboxylic acids is 2. The molecule has 0 saturated carbocycles. The summed E-state index contributed by atoms with van der Waals surface area (Å²) in [5.74, 6) is 0.0637. The van der Waals surface area contributed by atoms with Crippen LogP contribution in [0, 0.1) is 5.92 Å². The molecule has 0 aromatic heterocycles. The van der Waals surface area contributed by atoms with E-state index in [1.807, 2.05) is 47.4 Å². The van der Waals surface area contributed by atoms with E-state index in [1.54, 1.807) is 18.0 Å². The molecule has 0 aliphatic carbocycles. The summed E-state index contributed by atoms with van der Waals surface area (Å²) < 4.78 is 22.1. The second kappa shape index (κ2) is 13.2. The Hall–Kier alpha value is -2.55. The van der Waals surface area contributed by atoms with Gasteiger partial charge in [-0.05, 0) is 68.0 Å². The number of aliphatic hydroxyl groups is 1. The number of anilines is 1. The van der Waals surface area contributed by atoms with Crippen molar-refractivity contribution in [2.24, 2.45) is 5.92 Å². The summed E-state index contributed by atoms with van der Waals surface area (Å²) in [6.07, 6.45) is 3.57. The molecule has 0 radical (unpaired) electrons. The molecule has 0 unspecified atom stereocenters. The topological polar surface area (TPSA) is 70.1 Å². The van der Waals surface area contributed by atoms with Crippen LogP contribution in [0.2, 0.25) is 18.6 Å². The zero-order valence-electron chi connectivity index (χ0n) is 23.5. The first-order chi connectivity index (χ1) is 18.7. The van der Waals surface area contributed by atoms with Crippen molar-refractivity contribution in [3.63, 3.8) is 0 Å². The van der Waals surface area contributed by atoms with Gasteiger partial charge in [0.15, 0.2) is 0 Å². The minimum atomic E-state index is -3.12. The van der Waals surface area contributed by atoms with Gasteiger partial charge in [0.05, 0.1) is 25.2 Å². The Morgan fingerprint density at radius 2 is 1.85 bits per heavy atom. The van der Waals surface area contributed by atoms with Crippen molar-refractivity contribution in [1.29, 1.82) is 0 Å². The van der Waals surface area contributed by atoms with Crippen LogP contribution in [0.1, 0.15) is 50.2 Å². The van der Waals surface area contributed by atoms with Gasteiger partial charge in [-0.25, -0.2) is 0 Å². The Labute approximate surface area is 233 Å². The molecule has 2 heterocycles. The van der Waals surface area contributed by atoms with Gasteiger partial charge in [-0.2, -0.15) is 0 Å². The molecule has 2 saturated heterocycles. The highest BCUT2D eigenvalue weighted by atomic mass is 28.4. The van der Waals surface area contributed by atoms with Crippen molar-refractivity contribution in [1.82, 2.24) is 4.90 Å². The largest absolute Gasteiger partial charge is 0.395 e. The smallest absolute Gasteiger partial charge is 0.246 e. The van der Waals surface area contributed by atoms with Crippen LogP contribution in [-0.4, -0.2) is 62.1 Å². The van der Waals surface area contributed by atoms with Crippen molar-refractivity contribution < 1.29 is 23.5 Å². The lowest BCUT2D eigenvalue weighted by Gasteiger charge is -2.30. The van der Waals surface area contributed by atoms with Crippen LogP contribution in [0.25, 0.3) is 0 Å². The number of aliphatic hydroxyl groups excluding tert-OH is 1. The molecule has 0 bridgehead atoms. The molecule has 6 nitrogen and oxygen atoms in total. The number of nitrogens with zero attached hydrogens (tertiary/aromatic N) is 2. The van der Waals surface area contributed by atoms with Crippen molar-refractivity contribution in [2.75, 3.05) is 24.6 Å². The first-order valence-corrected chi connectivity index (χ1v) is 17.3. The van der Waals surface area contributed by atoms with Gasteiger partial charge in [-0.15, -0.1) is 0 Å². The van der Waals surface area contributed by atoms with Crippen molar-refractivity contribution >= 4 is 25.9 Å². The molecule has 8 heteroatoms. The summed E-state index contributed by atoms with van der Waals surface area (Å²) in [6, 6.07) is 17.8. The minimum absolute atomic E-state index is 0.00161. The molecule has 0 spiro atoms. The van der Waals surface area contributed by atoms with Gasteiger partial charge in [-0.1, -0.05) is 49.4 Å². The summed E-state index contributed by atoms with van der Waals surface area (Å²) in [6.45, 7) is 6.76. The number of benzene rings is 2. The summed E-state index contributed by atoms with van der Waals surface area (Å²) in [7, 11) is -3.12. The van der Waals surface area contributed by atoms with Crippen LogP contribution in [0.3, 0.4) is 0 Å². The highest BCUT2D eigenvalue weighted by molar-refractivity contribution is 6.72. The third-order valence-electron chi connectivity index (χ3n) is 8.27. The van der Waals surface area contributed by atoms with Gasteiger partial charge in [0.25, 0.3) is 0 Å². The Balaban J connectivity index is 1.42. The molecule has 39 heavy (non-hydrogen) atoms. The molecule has 2 aliphatic heterocycles. The average Bonchev–Trinajstić information content (AvgIpc) is 3.23. The molecule has 2 aromatic carbocycles. The fourth-order valence-corrected chi connectivity index (χ4v) is 8.91. The molecule has 2 fully saturated rings. The van der Waals surface area contributed by atoms with Gasteiger partial charge in [0.1, 0.15) is 0 Å². The summed E-state index contributed by atoms with van der Waals surface area (Å²) in [4.78, 5) is 29.3. The minimum Gasteiger partial charge on any atom is -0.395 e. The van der Waals surface area contributed by atoms with Gasteiger partial charge in [0.2, 0.25) is 20.2 Å². The number of carbonyl (C=O) groups is 2. The molecule has 1 N–H and O–H groups in total. The number of hydrogen-bond donors (Lipinski definition) is 1. The molecule has 212 valence electrons. The molecular formula is C31H43FN2O4Si. The first-order valence-electron chi connectivity index (χ1n) is 14.3. The monoisotopic (exact) mass is 554 g/mol. The van der Waals surface area contributed by atoms with E-state index in [-0.39, 0.29) is 48.9 Å². The number of piperidine rings is 1. The number of ether oxygens (including phenoxy) is 1. The van der Waals surface area contributed by atoms with Crippen molar-refractivity contribution in [3.8, 4) is 0 Å². The van der Waals surface area contributed by atoms with E-state index in [9.17, 15) is 14.7 Å². The van der Waals surface area contributed by atoms with Crippen LogP contribution < -0.4 is 4.90 Å². The summed E-state index contributed by atoms with van der Waals surface area (Å²) >= 11 is 0. The predicted octanol–water partition coefficient (Wildman–Crippen LogP) is 5.50. The number of rotatable bonds is 11. The molecule has 2 aliphatic rings. The highest BCUT2D eigenvalue weighted by Crippen LogP contribution is 2.47. The number of halogens is 1. The van der Waals surface area contributed by atoms with Crippen LogP contribution in [0.15, 0.2) is 54.6 Å². The van der Waals surface area contributed by atoms with Crippen LogP contribution in [-0.2, 0) is 27.3 Å². The van der Waals surface area contributed by atoms with Crippen LogP contribution in [0.4, 0.5) is 9.80 Å². The zero-order chi connectivity index (χ0) is 28.0. The molecule has 4 atom stereocenters. The molecule has 2 aromatic rings. The van der Waals surface area contributed by atoms with E-state index in [1.165, 1.54) is 0 Å². The van der Waals surface area contributed by atoms with E-state index in [0.717, 1.165) is 49.0 Å². The molecule has 2 amide bonds. The van der Waals surface area contributed by atoms with Gasteiger partial charge >= 0.3 is 0 Å². The molecular weight excluding hydrogens is 511 g/mol. The number of aryl methyl sites for hydroxylation is 1. The fraction of sp³-hybridized carbons (Fsp3) is 0.548. The predicted molar refractivity (Wildman–Crippen MR) is 155 cm³/mol. The number of amides is 2. The van der Waals surface area contributed by atoms with Gasteiger partial charge < -0.3 is 23.8 Å². The lowest BCUT2D eigenvalue weighted by molar-refractivity contribution is -0.135. The van der Waals surface area contributed by atoms with Crippen molar-refractivity contribution in [2.45, 2.75) is 82.8 Å². The zero-order valence-corrected chi connectivity index (χ0v) is 24.5. The third kappa shape index (κ3) is 7.56. The lowest BCUT2D eigenvalue weighted by atomic mass is 9.94. The Bertz CT molecular complexity index is 1110. The van der Waals surface area contributed by atoms with E-state index in [2.05, 4.69) is 19.1 Å². The van der Waals surface area contributed by atoms with Crippen LogP contribution >= 0.6 is 0 Å². The molecule has 4 rings (SSSR count). The quantitative estimate of drug-likeness (QED) is 0.294. The van der Waals surface area contributed by atoms with E-state index < -0.39 is 14.5 Å². The Morgan fingerprint density at radius 3 is 2.54 bits per heavy atom. The summed E-state index contributed by atoms with van der Waals surface area (Å²) in [5, 5.41) is 9.59. The second-order valence-electron chi connectivity index (χ2n) is 11.6. The third-order valence-corrected chi connectivity index (χ3v) is 10.8. The normalized spacial score (nSPS) is 23.7. The SMILES string of the molecule is C[C@@H]1[C@@H]([Si](C)(C)F)[C@H](CC(=O)N(CCO)Cc2ccccc2)O[C@@H]1CCc1cccc(N2CCCCC2=O)c1. The standard InChI is InChI=1S/C31H43FN2O4Si/c1-23-27(16-15-24-12-9-13-26(20-24)34-17-8-7-14-29(34)36)38-28(31(23)39(2,3)32)21-30(37)33(18-19-35)22-25-10-5-4-6-11-25/h4-6,9-13,20,23,27-28,31,35H,7-8,14-19,21-22H2,1-3H3/t23-,27+,28-,31+/m0/s1. The Kier molecular flexibility index (Phi) is 9.96. The highest BCUT2D eigenvalue weighted by Gasteiger charge is 2.51. The Morgan fingerprint density at radius 1 is 1.10 bits per heavy atom. The summed E-state index contributed by atoms with van der Waals surface area (Å²) in [5.41, 5.74) is 2.78. The van der Waals surface area contributed by atoms with Gasteiger partial charge in [-0.3, -0.25) is 9.59 Å². The lowest BCUT2D eigenvalue weighted by Crippen LogP contribution is -2.40. The fourth-order valence-electron chi connectivity index (χ4n) is 6.36. The van der Waals surface area contributed by atoms with Crippen LogP contribution in [0.5, 0.6) is 0 Å². The average molecular weight is 555 g/mol. The van der Waals surface area contributed by atoms with Gasteiger partial charge in [0, 0.05) is 37.3 Å². The van der Waals surface area contributed by atoms with E-state index >= 15 is 4.11 Å². The van der Waals surface area contributed by atoms with E-state index in [4.69, 9.17) is 4.74 Å².